The number of nitrogens with zero attached hydrogens (tertiary/aromatic N) is 2. The third-order valence-corrected chi connectivity index (χ3v) is 6.05. The van der Waals surface area contributed by atoms with E-state index < -0.39 is 0 Å². The van der Waals surface area contributed by atoms with Crippen molar-refractivity contribution in [3.8, 4) is 0 Å². The largest absolute Gasteiger partial charge is 0.354 e. The van der Waals surface area contributed by atoms with E-state index in [0.29, 0.717) is 0 Å². The molecule has 0 spiro atoms. The predicted molar refractivity (Wildman–Crippen MR) is 149 cm³/mol. The van der Waals surface area contributed by atoms with Crippen molar-refractivity contribution in [3.05, 3.63) is 124 Å². The van der Waals surface area contributed by atoms with Gasteiger partial charge in [-0.05, 0) is 31.0 Å². The van der Waals surface area contributed by atoms with Crippen molar-refractivity contribution in [2.45, 2.75) is 26.7 Å². The van der Waals surface area contributed by atoms with Gasteiger partial charge in [-0.2, -0.15) is 0 Å². The van der Waals surface area contributed by atoms with Crippen LogP contribution in [0.5, 0.6) is 0 Å². The minimum atomic E-state index is 0.738. The van der Waals surface area contributed by atoms with Crippen LogP contribution in [0.15, 0.2) is 85.0 Å². The second kappa shape index (κ2) is 10.4. The molecule has 3 aromatic rings. The molecule has 170 valence electrons. The zero-order valence-electron chi connectivity index (χ0n) is 19.7. The first-order chi connectivity index (χ1) is 16.5. The van der Waals surface area contributed by atoms with Crippen LogP contribution in [-0.2, 0) is 12.8 Å². The summed E-state index contributed by atoms with van der Waals surface area (Å²) in [5, 5.41) is 6.27. The molecule has 0 aliphatic carbocycles. The van der Waals surface area contributed by atoms with E-state index in [1.807, 2.05) is 24.3 Å². The molecule has 1 aromatic heterocycles. The number of benzene rings is 2. The Morgan fingerprint density at radius 3 is 2.74 bits per heavy atom. The average molecular weight is 464 g/mol. The van der Waals surface area contributed by atoms with Gasteiger partial charge in [0.05, 0.1) is 22.4 Å². The van der Waals surface area contributed by atoms with Crippen molar-refractivity contribution in [1.29, 1.82) is 0 Å². The molecule has 2 aromatic carbocycles. The van der Waals surface area contributed by atoms with E-state index in [-0.39, 0.29) is 0 Å². The Morgan fingerprint density at radius 2 is 1.97 bits per heavy atom. The summed E-state index contributed by atoms with van der Waals surface area (Å²) in [6, 6.07) is 16.8. The molecule has 4 heteroatoms. The molecule has 0 amide bonds. The van der Waals surface area contributed by atoms with E-state index in [9.17, 15) is 0 Å². The first-order valence-corrected chi connectivity index (χ1v) is 11.8. The topological polar surface area (TPSA) is 29.9 Å². The second-order valence-corrected chi connectivity index (χ2v) is 8.80. The van der Waals surface area contributed by atoms with E-state index in [1.165, 1.54) is 16.7 Å². The van der Waals surface area contributed by atoms with Crippen LogP contribution >= 0.6 is 12.2 Å². The molecule has 0 saturated heterocycles. The Balaban J connectivity index is 1.81. The lowest BCUT2D eigenvalue weighted by molar-refractivity contribution is 0.943. The first kappa shape index (κ1) is 23.4. The number of rotatable bonds is 8. The Hall–Kier alpha value is -3.76. The number of aryl methyl sites for hydroxylation is 1. The monoisotopic (exact) mass is 463 g/mol. The second-order valence-electron chi connectivity index (χ2n) is 8.56. The molecule has 1 N–H and O–H groups in total. The third-order valence-electron chi connectivity index (χ3n) is 5.78. The standard InChI is InChI=1S/C30H29N3S/c1-5-6-7-10-22(3)16-27-23(4)33-19-29(26-14-9-13-25(17-26)20-34)31-28(30(33)32-27)18-24-12-8-11-21(2)15-24/h5-15,17,19-20,31H,1,4,16,18H2,2-3H3/b7-6-,22-10+. The van der Waals surface area contributed by atoms with Gasteiger partial charge < -0.3 is 5.32 Å². The molecule has 1 aliphatic heterocycles. The van der Waals surface area contributed by atoms with Crippen LogP contribution in [0.25, 0.3) is 24.2 Å². The number of imidazole rings is 1. The fourth-order valence-corrected chi connectivity index (χ4v) is 4.23. The molecule has 4 rings (SSSR count). The fraction of sp³-hybridized carbons (Fsp3) is 0.133. The Morgan fingerprint density at radius 1 is 1.15 bits per heavy atom. The Kier molecular flexibility index (Phi) is 7.19. The Labute approximate surface area is 206 Å². The molecule has 0 fully saturated rings. The highest BCUT2D eigenvalue weighted by molar-refractivity contribution is 7.79. The third kappa shape index (κ3) is 5.24. The summed E-state index contributed by atoms with van der Waals surface area (Å²) in [5.74, 6) is 0. The van der Waals surface area contributed by atoms with Gasteiger partial charge in [0, 0.05) is 30.0 Å². The molecular weight excluding hydrogens is 434 g/mol. The SMILES string of the molecule is C=C/C=C\C=C(/C)Cc1nc2n(c1=C)C=C(c1cccc(C=S)c1)NC=2Cc1cccc(C)c1. The van der Waals surface area contributed by atoms with Gasteiger partial charge in [0.15, 0.2) is 5.48 Å². The van der Waals surface area contributed by atoms with Crippen LogP contribution < -0.4 is 16.1 Å². The predicted octanol–water partition coefficient (Wildman–Crippen LogP) is 5.09. The lowest BCUT2D eigenvalue weighted by atomic mass is 10.0. The summed E-state index contributed by atoms with van der Waals surface area (Å²) in [5.41, 5.74) is 9.73. The number of hydrogen-bond donors (Lipinski definition) is 1. The summed E-state index contributed by atoms with van der Waals surface area (Å²) in [7, 11) is 0. The first-order valence-electron chi connectivity index (χ1n) is 11.3. The van der Waals surface area contributed by atoms with Crippen molar-refractivity contribution < 1.29 is 0 Å². The molecule has 1 aliphatic rings. The number of nitrogens with one attached hydrogen (secondary N) is 1. The summed E-state index contributed by atoms with van der Waals surface area (Å²) < 4.78 is 2.11. The van der Waals surface area contributed by atoms with Crippen LogP contribution in [-0.4, -0.2) is 14.9 Å². The number of aromatic nitrogens is 2. The van der Waals surface area contributed by atoms with Gasteiger partial charge in [-0.3, -0.25) is 4.57 Å². The van der Waals surface area contributed by atoms with Gasteiger partial charge in [-0.25, -0.2) is 4.98 Å². The molecule has 0 saturated carbocycles. The lowest BCUT2D eigenvalue weighted by Crippen LogP contribution is -2.35. The minimum Gasteiger partial charge on any atom is -0.354 e. The van der Waals surface area contributed by atoms with Crippen LogP contribution in [0.2, 0.25) is 0 Å². The van der Waals surface area contributed by atoms with Crippen LogP contribution in [0.1, 0.15) is 34.9 Å². The van der Waals surface area contributed by atoms with Gasteiger partial charge >= 0.3 is 0 Å². The maximum absolute atomic E-state index is 5.16. The van der Waals surface area contributed by atoms with E-state index in [0.717, 1.165) is 51.9 Å². The van der Waals surface area contributed by atoms with Crippen LogP contribution in [0.3, 0.4) is 0 Å². The summed E-state index contributed by atoms with van der Waals surface area (Å²) in [4.78, 5) is 5.03. The number of thiocarbonyl (C=S) groups is 1. The quantitative estimate of drug-likeness (QED) is 0.373. The molecule has 0 unspecified atom stereocenters. The molecule has 34 heavy (non-hydrogen) atoms. The van der Waals surface area contributed by atoms with Gasteiger partial charge in [-0.1, -0.05) is 103 Å². The molecule has 0 atom stereocenters. The average Bonchev–Trinajstić information content (AvgIpc) is 3.14. The van der Waals surface area contributed by atoms with Crippen LogP contribution in [0.4, 0.5) is 0 Å². The summed E-state index contributed by atoms with van der Waals surface area (Å²) in [6.07, 6.45) is 11.4. The zero-order valence-corrected chi connectivity index (χ0v) is 20.5. The molecule has 0 radical (unpaired) electrons. The van der Waals surface area contributed by atoms with E-state index in [1.54, 1.807) is 11.4 Å². The highest BCUT2D eigenvalue weighted by Gasteiger charge is 2.17. The molecule has 2 heterocycles. The Bertz CT molecular complexity index is 1450. The van der Waals surface area contributed by atoms with Crippen molar-refractivity contribution in [2.75, 3.05) is 0 Å². The van der Waals surface area contributed by atoms with Gasteiger partial charge in [0.1, 0.15) is 0 Å². The van der Waals surface area contributed by atoms with Crippen molar-refractivity contribution in [2.24, 2.45) is 0 Å². The number of fused-ring (bicyclic) bond motifs is 1. The van der Waals surface area contributed by atoms with Crippen LogP contribution in [0, 0.1) is 6.92 Å². The highest BCUT2D eigenvalue weighted by Crippen LogP contribution is 2.20. The maximum atomic E-state index is 5.16. The van der Waals surface area contributed by atoms with Crippen molar-refractivity contribution in [3.63, 3.8) is 0 Å². The smallest absolute Gasteiger partial charge is 0.157 e. The number of hydrogen-bond acceptors (Lipinski definition) is 3. The zero-order chi connectivity index (χ0) is 24.1. The van der Waals surface area contributed by atoms with Crippen molar-refractivity contribution in [1.82, 2.24) is 14.9 Å². The van der Waals surface area contributed by atoms with Gasteiger partial charge in [0.25, 0.3) is 0 Å². The summed E-state index contributed by atoms with van der Waals surface area (Å²) >= 11 is 5.16. The normalized spacial score (nSPS) is 13.4. The van der Waals surface area contributed by atoms with Gasteiger partial charge in [-0.15, -0.1) is 0 Å². The lowest BCUT2D eigenvalue weighted by Gasteiger charge is -2.20. The van der Waals surface area contributed by atoms with E-state index >= 15 is 0 Å². The molecule has 0 bridgehead atoms. The maximum Gasteiger partial charge on any atom is 0.157 e. The fourth-order valence-electron chi connectivity index (χ4n) is 4.08. The van der Waals surface area contributed by atoms with Crippen molar-refractivity contribution >= 4 is 41.8 Å². The van der Waals surface area contributed by atoms with Gasteiger partial charge in [0.2, 0.25) is 0 Å². The van der Waals surface area contributed by atoms with E-state index in [2.05, 4.69) is 85.6 Å². The highest BCUT2D eigenvalue weighted by atomic mass is 32.1. The molecule has 3 nitrogen and oxygen atoms in total. The number of allylic oxidation sites excluding steroid dienone is 5. The van der Waals surface area contributed by atoms with E-state index in [4.69, 9.17) is 17.2 Å². The molecular formula is C30H29N3S. The summed E-state index contributed by atoms with van der Waals surface area (Å²) in [6.45, 7) is 12.3. The minimum absolute atomic E-state index is 0.738.